The van der Waals surface area contributed by atoms with E-state index in [0.29, 0.717) is 11.4 Å². The normalized spacial score (nSPS) is 10.5. The third-order valence-corrected chi connectivity index (χ3v) is 5.64. The third-order valence-electron chi connectivity index (χ3n) is 3.42. The zero-order chi connectivity index (χ0) is 16.8. The monoisotopic (exact) mass is 354 g/mol. The second kappa shape index (κ2) is 8.13. The summed E-state index contributed by atoms with van der Waals surface area (Å²) in [4.78, 5) is 18.8. The van der Waals surface area contributed by atoms with E-state index in [9.17, 15) is 4.79 Å². The number of benzene rings is 2. The minimum atomic E-state index is -0.0409. The van der Waals surface area contributed by atoms with Crippen molar-refractivity contribution in [3.63, 3.8) is 0 Å². The lowest BCUT2D eigenvalue weighted by Gasteiger charge is -2.04. The van der Waals surface area contributed by atoms with E-state index in [1.807, 2.05) is 55.5 Å². The highest BCUT2D eigenvalue weighted by molar-refractivity contribution is 7.99. The summed E-state index contributed by atoms with van der Waals surface area (Å²) in [6, 6.07) is 20.1. The Balaban J connectivity index is 1.56. The molecule has 1 heterocycles. The van der Waals surface area contributed by atoms with E-state index in [4.69, 9.17) is 0 Å². The Morgan fingerprint density at radius 3 is 2.46 bits per heavy atom. The second-order valence-electron chi connectivity index (χ2n) is 5.22. The van der Waals surface area contributed by atoms with Crippen LogP contribution in [-0.2, 0) is 0 Å². The van der Waals surface area contributed by atoms with Crippen molar-refractivity contribution in [2.75, 3.05) is 12.3 Å². The standard InChI is InChI=1S/C19H18N2OS2/c1-14-17(24-19(21-14)15-8-4-2-5-9-15)18(22)20-12-13-23-16-10-6-3-7-11-16/h2-11H,12-13H2,1H3,(H,20,22). The van der Waals surface area contributed by atoms with Crippen LogP contribution in [0, 0.1) is 6.92 Å². The van der Waals surface area contributed by atoms with Gasteiger partial charge in [-0.3, -0.25) is 4.79 Å². The number of hydrogen-bond donors (Lipinski definition) is 1. The molecule has 0 aliphatic heterocycles. The molecule has 0 unspecified atom stereocenters. The van der Waals surface area contributed by atoms with Gasteiger partial charge in [-0.15, -0.1) is 23.1 Å². The molecule has 1 amide bonds. The molecule has 3 rings (SSSR count). The van der Waals surface area contributed by atoms with Crippen molar-refractivity contribution < 1.29 is 4.79 Å². The molecule has 24 heavy (non-hydrogen) atoms. The highest BCUT2D eigenvalue weighted by Crippen LogP contribution is 2.27. The van der Waals surface area contributed by atoms with Crippen LogP contribution in [-0.4, -0.2) is 23.2 Å². The number of thioether (sulfide) groups is 1. The summed E-state index contributed by atoms with van der Waals surface area (Å²) in [5.41, 5.74) is 1.83. The number of carbonyl (C=O) groups is 1. The lowest BCUT2D eigenvalue weighted by atomic mass is 10.2. The predicted octanol–water partition coefficient (Wildman–Crippen LogP) is 4.64. The molecule has 0 aliphatic carbocycles. The van der Waals surface area contributed by atoms with Gasteiger partial charge in [-0.1, -0.05) is 48.5 Å². The van der Waals surface area contributed by atoms with Gasteiger partial charge in [0.05, 0.1) is 5.69 Å². The third kappa shape index (κ3) is 4.24. The lowest BCUT2D eigenvalue weighted by Crippen LogP contribution is -2.25. The van der Waals surface area contributed by atoms with Crippen molar-refractivity contribution in [1.82, 2.24) is 10.3 Å². The number of aryl methyl sites for hydroxylation is 1. The molecular weight excluding hydrogens is 336 g/mol. The van der Waals surface area contributed by atoms with Gasteiger partial charge in [0.2, 0.25) is 0 Å². The molecule has 3 aromatic rings. The van der Waals surface area contributed by atoms with Crippen LogP contribution in [0.25, 0.3) is 10.6 Å². The van der Waals surface area contributed by atoms with Gasteiger partial charge in [-0.25, -0.2) is 4.98 Å². The van der Waals surface area contributed by atoms with Crippen LogP contribution in [0.1, 0.15) is 15.4 Å². The molecule has 2 aromatic carbocycles. The molecule has 0 fully saturated rings. The summed E-state index contributed by atoms with van der Waals surface area (Å²) in [5.74, 6) is 0.805. The molecule has 0 saturated carbocycles. The van der Waals surface area contributed by atoms with Gasteiger partial charge < -0.3 is 5.32 Å². The average molecular weight is 354 g/mol. The van der Waals surface area contributed by atoms with E-state index >= 15 is 0 Å². The molecule has 0 radical (unpaired) electrons. The number of nitrogens with zero attached hydrogens (tertiary/aromatic N) is 1. The number of thiazole rings is 1. The van der Waals surface area contributed by atoms with E-state index in [-0.39, 0.29) is 5.91 Å². The summed E-state index contributed by atoms with van der Waals surface area (Å²) in [7, 11) is 0. The van der Waals surface area contributed by atoms with Gasteiger partial charge in [0.1, 0.15) is 9.88 Å². The van der Waals surface area contributed by atoms with E-state index in [1.54, 1.807) is 11.8 Å². The Bertz CT molecular complexity index is 801. The van der Waals surface area contributed by atoms with Gasteiger partial charge in [-0.05, 0) is 19.1 Å². The summed E-state index contributed by atoms with van der Waals surface area (Å²) < 4.78 is 0. The number of carbonyl (C=O) groups excluding carboxylic acids is 1. The van der Waals surface area contributed by atoms with Crippen molar-refractivity contribution in [2.24, 2.45) is 0 Å². The molecule has 0 atom stereocenters. The minimum absolute atomic E-state index is 0.0409. The van der Waals surface area contributed by atoms with Gasteiger partial charge in [-0.2, -0.15) is 0 Å². The molecule has 122 valence electrons. The minimum Gasteiger partial charge on any atom is -0.350 e. The quantitative estimate of drug-likeness (QED) is 0.518. The van der Waals surface area contributed by atoms with E-state index in [0.717, 1.165) is 22.0 Å². The fourth-order valence-electron chi connectivity index (χ4n) is 2.24. The SMILES string of the molecule is Cc1nc(-c2ccccc2)sc1C(=O)NCCSc1ccccc1. The summed E-state index contributed by atoms with van der Waals surface area (Å²) in [5, 5.41) is 3.87. The van der Waals surface area contributed by atoms with Gasteiger partial charge in [0.25, 0.3) is 5.91 Å². The van der Waals surface area contributed by atoms with Crippen LogP contribution < -0.4 is 5.32 Å². The van der Waals surface area contributed by atoms with Crippen molar-refractivity contribution >= 4 is 29.0 Å². The average Bonchev–Trinajstić information content (AvgIpc) is 3.02. The first-order valence-corrected chi connectivity index (χ1v) is 9.53. The summed E-state index contributed by atoms with van der Waals surface area (Å²) in [6.45, 7) is 2.52. The molecule has 0 spiro atoms. The predicted molar refractivity (Wildman–Crippen MR) is 102 cm³/mol. The van der Waals surface area contributed by atoms with Crippen molar-refractivity contribution in [1.29, 1.82) is 0 Å². The summed E-state index contributed by atoms with van der Waals surface area (Å²) >= 11 is 3.18. The molecule has 0 bridgehead atoms. The zero-order valence-corrected chi connectivity index (χ0v) is 15.0. The second-order valence-corrected chi connectivity index (χ2v) is 7.38. The van der Waals surface area contributed by atoms with Crippen LogP contribution in [0.2, 0.25) is 0 Å². The van der Waals surface area contributed by atoms with Gasteiger partial charge >= 0.3 is 0 Å². The number of rotatable bonds is 6. The Labute approximate surface area is 150 Å². The maximum atomic E-state index is 12.4. The fourth-order valence-corrected chi connectivity index (χ4v) is 4.02. The molecule has 0 saturated heterocycles. The highest BCUT2D eigenvalue weighted by atomic mass is 32.2. The topological polar surface area (TPSA) is 42.0 Å². The van der Waals surface area contributed by atoms with Crippen molar-refractivity contribution in [3.8, 4) is 10.6 Å². The maximum Gasteiger partial charge on any atom is 0.263 e. The Hall–Kier alpha value is -2.11. The van der Waals surface area contributed by atoms with Crippen LogP contribution in [0.15, 0.2) is 65.6 Å². The number of nitrogens with one attached hydrogen (secondary N) is 1. The Morgan fingerprint density at radius 2 is 1.75 bits per heavy atom. The van der Waals surface area contributed by atoms with Crippen molar-refractivity contribution in [2.45, 2.75) is 11.8 Å². The Morgan fingerprint density at radius 1 is 1.08 bits per heavy atom. The molecule has 0 aliphatic rings. The molecule has 1 aromatic heterocycles. The lowest BCUT2D eigenvalue weighted by molar-refractivity contribution is 0.0959. The first kappa shape index (κ1) is 16.7. The number of amides is 1. The fraction of sp³-hybridized carbons (Fsp3) is 0.158. The zero-order valence-electron chi connectivity index (χ0n) is 13.4. The number of aromatic nitrogens is 1. The summed E-state index contributed by atoms with van der Waals surface area (Å²) in [6.07, 6.45) is 0. The van der Waals surface area contributed by atoms with Crippen LogP contribution in [0.5, 0.6) is 0 Å². The first-order chi connectivity index (χ1) is 11.7. The van der Waals surface area contributed by atoms with E-state index < -0.39 is 0 Å². The number of hydrogen-bond acceptors (Lipinski definition) is 4. The van der Waals surface area contributed by atoms with Crippen LogP contribution in [0.3, 0.4) is 0 Å². The van der Waals surface area contributed by atoms with Gasteiger partial charge in [0.15, 0.2) is 0 Å². The van der Waals surface area contributed by atoms with E-state index in [2.05, 4.69) is 22.4 Å². The molecular formula is C19H18N2OS2. The molecule has 3 nitrogen and oxygen atoms in total. The first-order valence-electron chi connectivity index (χ1n) is 7.73. The highest BCUT2D eigenvalue weighted by Gasteiger charge is 2.15. The largest absolute Gasteiger partial charge is 0.350 e. The Kier molecular flexibility index (Phi) is 5.67. The smallest absolute Gasteiger partial charge is 0.263 e. The molecule has 5 heteroatoms. The van der Waals surface area contributed by atoms with Crippen molar-refractivity contribution in [3.05, 3.63) is 71.2 Å². The van der Waals surface area contributed by atoms with E-state index in [1.165, 1.54) is 16.2 Å². The molecule has 1 N–H and O–H groups in total. The van der Waals surface area contributed by atoms with Gasteiger partial charge in [0, 0.05) is 22.8 Å². The van der Waals surface area contributed by atoms with Crippen LogP contribution >= 0.6 is 23.1 Å². The van der Waals surface area contributed by atoms with Crippen LogP contribution in [0.4, 0.5) is 0 Å². The maximum absolute atomic E-state index is 12.4.